The minimum absolute atomic E-state index is 0.0136. The average molecular weight is 481 g/mol. The first-order valence-corrected chi connectivity index (χ1v) is 12.1. The van der Waals surface area contributed by atoms with Gasteiger partial charge < -0.3 is 10.6 Å². The standard InChI is InChI=1S/C23H27F3N4O2S/c24-23(25,26)17-3-1-2-16(12-17)21(32)28-13-20(31)29-18-8-10-30(14-18)19-6-4-15(5-7-19)22-27-9-11-33-22/h1-3,9,11-12,15,18-19H,4-8,10,13-14H2,(H,28,32)(H,29,31). The molecule has 0 radical (unpaired) electrons. The fourth-order valence-electron chi connectivity index (χ4n) is 4.74. The predicted molar refractivity (Wildman–Crippen MR) is 119 cm³/mol. The van der Waals surface area contributed by atoms with Gasteiger partial charge in [0.2, 0.25) is 5.91 Å². The largest absolute Gasteiger partial charge is 0.416 e. The maximum absolute atomic E-state index is 12.8. The first-order valence-electron chi connectivity index (χ1n) is 11.2. The van der Waals surface area contributed by atoms with E-state index in [-0.39, 0.29) is 24.1 Å². The van der Waals surface area contributed by atoms with Gasteiger partial charge in [0, 0.05) is 48.2 Å². The van der Waals surface area contributed by atoms with Gasteiger partial charge in [0.25, 0.3) is 5.91 Å². The average Bonchev–Trinajstić information content (AvgIpc) is 3.50. The molecule has 2 heterocycles. The normalized spacial score (nSPS) is 23.9. The summed E-state index contributed by atoms with van der Waals surface area (Å²) in [4.78, 5) is 31.3. The molecule has 1 saturated carbocycles. The smallest absolute Gasteiger partial charge is 0.350 e. The van der Waals surface area contributed by atoms with Crippen LogP contribution in [-0.4, -0.2) is 53.4 Å². The highest BCUT2D eigenvalue weighted by molar-refractivity contribution is 7.09. The summed E-state index contributed by atoms with van der Waals surface area (Å²) >= 11 is 1.72. The zero-order valence-electron chi connectivity index (χ0n) is 18.1. The minimum atomic E-state index is -4.53. The van der Waals surface area contributed by atoms with Crippen molar-refractivity contribution in [3.63, 3.8) is 0 Å². The lowest BCUT2D eigenvalue weighted by Crippen LogP contribution is -2.44. The van der Waals surface area contributed by atoms with Crippen molar-refractivity contribution in [3.05, 3.63) is 52.0 Å². The van der Waals surface area contributed by atoms with Gasteiger partial charge in [-0.25, -0.2) is 4.98 Å². The Labute approximate surface area is 194 Å². The Hall–Kier alpha value is -2.46. The Kier molecular flexibility index (Phi) is 7.33. The summed E-state index contributed by atoms with van der Waals surface area (Å²) in [6.07, 6.45) is 2.69. The number of thiazole rings is 1. The van der Waals surface area contributed by atoms with E-state index in [2.05, 4.69) is 20.5 Å². The number of nitrogens with one attached hydrogen (secondary N) is 2. The van der Waals surface area contributed by atoms with Gasteiger partial charge in [0.1, 0.15) is 0 Å². The van der Waals surface area contributed by atoms with Crippen LogP contribution in [-0.2, 0) is 11.0 Å². The number of hydrogen-bond donors (Lipinski definition) is 2. The van der Waals surface area contributed by atoms with E-state index < -0.39 is 17.6 Å². The van der Waals surface area contributed by atoms with Crippen LogP contribution < -0.4 is 10.6 Å². The van der Waals surface area contributed by atoms with E-state index in [4.69, 9.17) is 0 Å². The van der Waals surface area contributed by atoms with E-state index in [1.165, 1.54) is 17.1 Å². The molecule has 1 unspecified atom stereocenters. The third-order valence-electron chi connectivity index (χ3n) is 6.46. The lowest BCUT2D eigenvalue weighted by Gasteiger charge is -2.34. The molecule has 178 valence electrons. The molecule has 33 heavy (non-hydrogen) atoms. The fraction of sp³-hybridized carbons (Fsp3) is 0.522. The zero-order valence-corrected chi connectivity index (χ0v) is 18.9. The van der Waals surface area contributed by atoms with Crippen LogP contribution in [0.25, 0.3) is 0 Å². The van der Waals surface area contributed by atoms with E-state index in [0.29, 0.717) is 12.0 Å². The summed E-state index contributed by atoms with van der Waals surface area (Å²) in [5.74, 6) is -0.490. The molecule has 0 bridgehead atoms. The third-order valence-corrected chi connectivity index (χ3v) is 7.40. The molecule has 1 aromatic heterocycles. The summed E-state index contributed by atoms with van der Waals surface area (Å²) in [5, 5.41) is 8.60. The maximum Gasteiger partial charge on any atom is 0.416 e. The number of rotatable bonds is 6. The Morgan fingerprint density at radius 3 is 2.64 bits per heavy atom. The number of amides is 2. The van der Waals surface area contributed by atoms with Gasteiger partial charge in [-0.05, 0) is 50.3 Å². The molecule has 10 heteroatoms. The monoisotopic (exact) mass is 480 g/mol. The van der Waals surface area contributed by atoms with Gasteiger partial charge >= 0.3 is 6.18 Å². The summed E-state index contributed by atoms with van der Waals surface area (Å²) in [7, 11) is 0. The molecule has 2 aromatic rings. The summed E-state index contributed by atoms with van der Waals surface area (Å²) in [6.45, 7) is 1.43. The van der Waals surface area contributed by atoms with E-state index in [1.807, 2.05) is 11.6 Å². The van der Waals surface area contributed by atoms with E-state index >= 15 is 0 Å². The van der Waals surface area contributed by atoms with Gasteiger partial charge in [-0.15, -0.1) is 11.3 Å². The lowest BCUT2D eigenvalue weighted by molar-refractivity contribution is -0.137. The summed E-state index contributed by atoms with van der Waals surface area (Å²) < 4.78 is 38.5. The molecule has 6 nitrogen and oxygen atoms in total. The number of hydrogen-bond acceptors (Lipinski definition) is 5. The van der Waals surface area contributed by atoms with Crippen molar-refractivity contribution >= 4 is 23.2 Å². The molecule has 0 spiro atoms. The first-order chi connectivity index (χ1) is 15.8. The molecule has 2 N–H and O–H groups in total. The molecule has 1 aromatic carbocycles. The summed E-state index contributed by atoms with van der Waals surface area (Å²) in [5.41, 5.74) is -1.02. The molecular weight excluding hydrogens is 453 g/mol. The number of nitrogens with zero attached hydrogens (tertiary/aromatic N) is 2. The number of aromatic nitrogens is 1. The van der Waals surface area contributed by atoms with Gasteiger partial charge in [0.15, 0.2) is 0 Å². The highest BCUT2D eigenvalue weighted by atomic mass is 32.1. The van der Waals surface area contributed by atoms with Crippen molar-refractivity contribution in [2.75, 3.05) is 19.6 Å². The highest BCUT2D eigenvalue weighted by Gasteiger charge is 2.33. The molecular formula is C23H27F3N4O2S. The second kappa shape index (κ2) is 10.2. The van der Waals surface area contributed by atoms with Crippen molar-refractivity contribution in [3.8, 4) is 0 Å². The number of carbonyl (C=O) groups excluding carboxylic acids is 2. The first kappa shape index (κ1) is 23.7. The van der Waals surface area contributed by atoms with Crippen LogP contribution in [0.3, 0.4) is 0 Å². The van der Waals surface area contributed by atoms with Crippen molar-refractivity contribution in [2.24, 2.45) is 0 Å². The van der Waals surface area contributed by atoms with Crippen molar-refractivity contribution in [1.29, 1.82) is 0 Å². The number of halogens is 3. The van der Waals surface area contributed by atoms with Crippen LogP contribution >= 0.6 is 11.3 Å². The van der Waals surface area contributed by atoms with Crippen LogP contribution in [0.2, 0.25) is 0 Å². The molecule has 1 saturated heterocycles. The SMILES string of the molecule is O=C(CNC(=O)c1cccc(C(F)(F)F)c1)NC1CCN(C2CCC(c3nccs3)CC2)C1. The summed E-state index contributed by atoms with van der Waals surface area (Å²) in [6, 6.07) is 4.69. The zero-order chi connectivity index (χ0) is 23.4. The second-order valence-corrected chi connectivity index (χ2v) is 9.61. The molecule has 1 aliphatic carbocycles. The van der Waals surface area contributed by atoms with Gasteiger partial charge in [0.05, 0.1) is 17.1 Å². The minimum Gasteiger partial charge on any atom is -0.350 e. The molecule has 1 aliphatic heterocycles. The Bertz CT molecular complexity index is 959. The van der Waals surface area contributed by atoms with Gasteiger partial charge in [-0.3, -0.25) is 14.5 Å². The van der Waals surface area contributed by atoms with E-state index in [1.54, 1.807) is 11.3 Å². The van der Waals surface area contributed by atoms with Crippen LogP contribution in [0.15, 0.2) is 35.8 Å². The Morgan fingerprint density at radius 1 is 1.15 bits per heavy atom. The van der Waals surface area contributed by atoms with Crippen LogP contribution in [0.4, 0.5) is 13.2 Å². The van der Waals surface area contributed by atoms with Crippen molar-refractivity contribution in [1.82, 2.24) is 20.5 Å². The Morgan fingerprint density at radius 2 is 1.94 bits per heavy atom. The molecule has 2 fully saturated rings. The van der Waals surface area contributed by atoms with Gasteiger partial charge in [-0.2, -0.15) is 13.2 Å². The molecule has 2 aliphatic rings. The topological polar surface area (TPSA) is 74.3 Å². The quantitative estimate of drug-likeness (QED) is 0.660. The number of carbonyl (C=O) groups is 2. The van der Waals surface area contributed by atoms with Crippen LogP contribution in [0.5, 0.6) is 0 Å². The molecule has 4 rings (SSSR count). The van der Waals surface area contributed by atoms with E-state index in [9.17, 15) is 22.8 Å². The second-order valence-electron chi connectivity index (χ2n) is 8.69. The van der Waals surface area contributed by atoms with Crippen molar-refractivity contribution in [2.45, 2.75) is 56.3 Å². The molecule has 2 amide bonds. The lowest BCUT2D eigenvalue weighted by atomic mass is 9.86. The fourth-order valence-corrected chi connectivity index (χ4v) is 5.55. The Balaban J connectivity index is 1.19. The number of benzene rings is 1. The van der Waals surface area contributed by atoms with Crippen LogP contribution in [0, 0.1) is 0 Å². The highest BCUT2D eigenvalue weighted by Crippen LogP contribution is 2.36. The predicted octanol–water partition coefficient (Wildman–Crippen LogP) is 3.81. The number of alkyl halides is 3. The van der Waals surface area contributed by atoms with Crippen LogP contribution in [0.1, 0.15) is 59.0 Å². The maximum atomic E-state index is 12.8. The van der Waals surface area contributed by atoms with Crippen molar-refractivity contribution < 1.29 is 22.8 Å². The van der Waals surface area contributed by atoms with E-state index in [0.717, 1.165) is 57.3 Å². The number of likely N-dealkylation sites (tertiary alicyclic amines) is 1. The van der Waals surface area contributed by atoms with Gasteiger partial charge in [-0.1, -0.05) is 6.07 Å². The third kappa shape index (κ3) is 6.11. The molecule has 1 atom stereocenters.